The Morgan fingerprint density at radius 2 is 1.92 bits per heavy atom. The normalized spacial score (nSPS) is 19.8. The van der Waals surface area contributed by atoms with Crippen molar-refractivity contribution < 1.29 is 35.9 Å². The summed E-state index contributed by atoms with van der Waals surface area (Å²) in [4.78, 5) is 11.2. The molecule has 0 spiro atoms. The maximum absolute atomic E-state index is 12.8. The zero-order chi connectivity index (χ0) is 18.0. The number of nitrogens with zero attached hydrogens (tertiary/aromatic N) is 1. The molecule has 0 saturated carbocycles. The first-order valence-electron chi connectivity index (χ1n) is 7.11. The minimum absolute atomic E-state index is 0.0163. The molecule has 6 nitrogen and oxygen atoms in total. The van der Waals surface area contributed by atoms with Gasteiger partial charge in [0, 0.05) is 6.54 Å². The summed E-state index contributed by atoms with van der Waals surface area (Å²) >= 11 is 0. The third-order valence-corrected chi connectivity index (χ3v) is 5.54. The van der Waals surface area contributed by atoms with Crippen LogP contribution in [0.4, 0.5) is 13.2 Å². The zero-order valence-corrected chi connectivity index (χ0v) is 13.6. The standard InChI is InChI=1S/C14H16F3NO5S/c1-22-13(19)10-6-4-5-9-18(10)24(20,21)12-8-3-2-7-11(12)23-14(15,16)17/h2-3,7-8,10H,4-6,9H2,1H3. The highest BCUT2D eigenvalue weighted by atomic mass is 32.2. The van der Waals surface area contributed by atoms with Crippen molar-refractivity contribution in [3.8, 4) is 5.75 Å². The molecule has 1 aliphatic heterocycles. The number of hydrogen-bond acceptors (Lipinski definition) is 5. The Labute approximate surface area is 137 Å². The number of carbonyl (C=O) groups is 1. The van der Waals surface area contributed by atoms with Gasteiger partial charge in [-0.05, 0) is 31.4 Å². The van der Waals surface area contributed by atoms with Crippen molar-refractivity contribution in [2.45, 2.75) is 36.6 Å². The summed E-state index contributed by atoms with van der Waals surface area (Å²) in [5.41, 5.74) is 0. The second kappa shape index (κ2) is 6.98. The minimum atomic E-state index is -5.03. The molecule has 1 saturated heterocycles. The van der Waals surface area contributed by atoms with E-state index in [1.54, 1.807) is 0 Å². The number of para-hydroxylation sites is 1. The second-order valence-corrected chi connectivity index (χ2v) is 7.00. The maximum atomic E-state index is 12.8. The summed E-state index contributed by atoms with van der Waals surface area (Å²) in [7, 11) is -3.23. The molecule has 1 unspecified atom stereocenters. The van der Waals surface area contributed by atoms with Crippen molar-refractivity contribution in [3.05, 3.63) is 24.3 Å². The summed E-state index contributed by atoms with van der Waals surface area (Å²) in [5.74, 6) is -1.58. The molecule has 0 radical (unpaired) electrons. The summed E-state index contributed by atoms with van der Waals surface area (Å²) in [6.07, 6.45) is -3.68. The van der Waals surface area contributed by atoms with E-state index in [-0.39, 0.29) is 13.0 Å². The number of rotatable bonds is 4. The Hall–Kier alpha value is -1.81. The van der Waals surface area contributed by atoms with E-state index in [9.17, 15) is 26.4 Å². The molecule has 2 rings (SSSR count). The minimum Gasteiger partial charge on any atom is -0.468 e. The average Bonchev–Trinajstić information content (AvgIpc) is 2.53. The summed E-state index contributed by atoms with van der Waals surface area (Å²) in [6.45, 7) is 0.0163. The van der Waals surface area contributed by atoms with Crippen LogP contribution in [-0.4, -0.2) is 44.8 Å². The van der Waals surface area contributed by atoms with Crippen LogP contribution in [0, 0.1) is 0 Å². The van der Waals surface area contributed by atoms with Crippen LogP contribution in [0.25, 0.3) is 0 Å². The Bertz CT molecular complexity index is 705. The first kappa shape index (κ1) is 18.5. The highest BCUT2D eigenvalue weighted by Gasteiger charge is 2.41. The molecule has 10 heteroatoms. The predicted molar refractivity (Wildman–Crippen MR) is 76.7 cm³/mol. The molecular weight excluding hydrogens is 351 g/mol. The Kier molecular flexibility index (Phi) is 5.38. The number of piperidine rings is 1. The van der Waals surface area contributed by atoms with Gasteiger partial charge >= 0.3 is 12.3 Å². The van der Waals surface area contributed by atoms with Crippen LogP contribution in [0.3, 0.4) is 0 Å². The van der Waals surface area contributed by atoms with Gasteiger partial charge in [-0.1, -0.05) is 12.1 Å². The monoisotopic (exact) mass is 367 g/mol. The van der Waals surface area contributed by atoms with Crippen LogP contribution < -0.4 is 4.74 Å². The number of esters is 1. The van der Waals surface area contributed by atoms with Crippen LogP contribution in [0.5, 0.6) is 5.75 Å². The molecule has 0 aliphatic carbocycles. The topological polar surface area (TPSA) is 72.9 Å². The van der Waals surface area contributed by atoms with E-state index in [4.69, 9.17) is 0 Å². The molecule has 1 heterocycles. The first-order chi connectivity index (χ1) is 11.2. The number of sulfonamides is 1. The fourth-order valence-corrected chi connectivity index (χ4v) is 4.33. The Morgan fingerprint density at radius 3 is 2.54 bits per heavy atom. The molecule has 0 amide bonds. The van der Waals surface area contributed by atoms with E-state index in [1.807, 2.05) is 0 Å². The predicted octanol–water partition coefficient (Wildman–Crippen LogP) is 2.30. The van der Waals surface area contributed by atoms with E-state index in [2.05, 4.69) is 9.47 Å². The lowest BCUT2D eigenvalue weighted by Crippen LogP contribution is -2.48. The molecule has 24 heavy (non-hydrogen) atoms. The van der Waals surface area contributed by atoms with Crippen molar-refractivity contribution in [3.63, 3.8) is 0 Å². The number of hydrogen-bond donors (Lipinski definition) is 0. The second-order valence-electron chi connectivity index (χ2n) is 5.15. The Morgan fingerprint density at radius 1 is 1.25 bits per heavy atom. The van der Waals surface area contributed by atoms with E-state index < -0.39 is 39.0 Å². The van der Waals surface area contributed by atoms with Crippen molar-refractivity contribution in [2.75, 3.05) is 13.7 Å². The number of ether oxygens (including phenoxy) is 2. The molecule has 134 valence electrons. The lowest BCUT2D eigenvalue weighted by Gasteiger charge is -2.33. The quantitative estimate of drug-likeness (QED) is 0.764. The van der Waals surface area contributed by atoms with Gasteiger partial charge in [0.15, 0.2) is 0 Å². The molecule has 1 fully saturated rings. The van der Waals surface area contributed by atoms with Gasteiger partial charge in [0.25, 0.3) is 0 Å². The fourth-order valence-electron chi connectivity index (χ4n) is 2.56. The lowest BCUT2D eigenvalue weighted by atomic mass is 10.1. The van der Waals surface area contributed by atoms with Crippen LogP contribution in [0.2, 0.25) is 0 Å². The van der Waals surface area contributed by atoms with Gasteiger partial charge in [0.2, 0.25) is 10.0 Å². The van der Waals surface area contributed by atoms with E-state index in [0.717, 1.165) is 23.5 Å². The highest BCUT2D eigenvalue weighted by Crippen LogP contribution is 2.34. The summed E-state index contributed by atoms with van der Waals surface area (Å²) in [5, 5.41) is 0. The first-order valence-corrected chi connectivity index (χ1v) is 8.55. The molecule has 1 aromatic rings. The van der Waals surface area contributed by atoms with Gasteiger partial charge in [-0.15, -0.1) is 13.2 Å². The van der Waals surface area contributed by atoms with E-state index in [0.29, 0.717) is 12.8 Å². The molecule has 0 aromatic heterocycles. The third-order valence-electron chi connectivity index (χ3n) is 3.59. The van der Waals surface area contributed by atoms with Crippen LogP contribution >= 0.6 is 0 Å². The molecule has 1 atom stereocenters. The summed E-state index contributed by atoms with van der Waals surface area (Å²) < 4.78 is 72.4. The van der Waals surface area contributed by atoms with Crippen LogP contribution in [-0.2, 0) is 19.6 Å². The van der Waals surface area contributed by atoms with Crippen LogP contribution in [0.1, 0.15) is 19.3 Å². The maximum Gasteiger partial charge on any atom is 0.573 e. The molecule has 0 N–H and O–H groups in total. The molecule has 1 aliphatic rings. The van der Waals surface area contributed by atoms with Gasteiger partial charge in [-0.25, -0.2) is 8.42 Å². The number of alkyl halides is 3. The van der Waals surface area contributed by atoms with E-state index >= 15 is 0 Å². The largest absolute Gasteiger partial charge is 0.573 e. The number of benzene rings is 1. The van der Waals surface area contributed by atoms with Gasteiger partial charge in [0.1, 0.15) is 16.7 Å². The third kappa shape index (κ3) is 3.99. The highest BCUT2D eigenvalue weighted by molar-refractivity contribution is 7.89. The molecule has 1 aromatic carbocycles. The lowest BCUT2D eigenvalue weighted by molar-refractivity contribution is -0.275. The van der Waals surface area contributed by atoms with E-state index in [1.165, 1.54) is 12.1 Å². The average molecular weight is 367 g/mol. The van der Waals surface area contributed by atoms with Gasteiger partial charge in [-0.3, -0.25) is 4.79 Å². The smallest absolute Gasteiger partial charge is 0.468 e. The summed E-state index contributed by atoms with van der Waals surface area (Å²) in [6, 6.07) is 3.38. The van der Waals surface area contributed by atoms with Crippen molar-refractivity contribution in [2.24, 2.45) is 0 Å². The number of halogens is 3. The van der Waals surface area contributed by atoms with Crippen molar-refractivity contribution in [1.82, 2.24) is 4.31 Å². The van der Waals surface area contributed by atoms with Gasteiger partial charge < -0.3 is 9.47 Å². The fraction of sp³-hybridized carbons (Fsp3) is 0.500. The number of carbonyl (C=O) groups excluding carboxylic acids is 1. The van der Waals surface area contributed by atoms with Gasteiger partial charge in [-0.2, -0.15) is 4.31 Å². The van der Waals surface area contributed by atoms with Crippen molar-refractivity contribution >= 4 is 16.0 Å². The molecular formula is C14H16F3NO5S. The van der Waals surface area contributed by atoms with Crippen LogP contribution in [0.15, 0.2) is 29.2 Å². The van der Waals surface area contributed by atoms with Crippen molar-refractivity contribution in [1.29, 1.82) is 0 Å². The SMILES string of the molecule is COC(=O)C1CCCCN1S(=O)(=O)c1ccccc1OC(F)(F)F. The number of methoxy groups -OCH3 is 1. The Balaban J connectivity index is 2.44. The van der Waals surface area contributed by atoms with Gasteiger partial charge in [0.05, 0.1) is 7.11 Å². The zero-order valence-electron chi connectivity index (χ0n) is 12.7. The molecule has 0 bridgehead atoms.